The average Bonchev–Trinajstić information content (AvgIpc) is 2.47. The molecule has 0 radical (unpaired) electrons. The lowest BCUT2D eigenvalue weighted by molar-refractivity contribution is 0.227. The molecule has 2 atom stereocenters. The number of piperidine rings is 1. The summed E-state index contributed by atoms with van der Waals surface area (Å²) >= 11 is 0. The van der Waals surface area contributed by atoms with Crippen LogP contribution in [0.2, 0.25) is 0 Å². The van der Waals surface area contributed by atoms with Crippen molar-refractivity contribution in [1.29, 1.82) is 5.26 Å². The molecule has 0 saturated carbocycles. The Balaban J connectivity index is 2.22. The quantitative estimate of drug-likeness (QED) is 0.915. The second-order valence-electron chi connectivity index (χ2n) is 5.60. The number of hydrogen-bond donors (Lipinski definition) is 1. The predicted octanol–water partition coefficient (Wildman–Crippen LogP) is 1.59. The maximum absolute atomic E-state index is 12.7. The van der Waals surface area contributed by atoms with E-state index < -0.39 is 10.0 Å². The molecule has 0 unspecified atom stereocenters. The van der Waals surface area contributed by atoms with Crippen LogP contribution in [0.25, 0.3) is 0 Å². The first kappa shape index (κ1) is 16.0. The number of nitrogens with two attached hydrogens (primary N) is 1. The smallest absolute Gasteiger partial charge is 0.218 e. The lowest BCUT2D eigenvalue weighted by Gasteiger charge is -2.36. The molecular formula is C15H21N3O2S. The molecular weight excluding hydrogens is 286 g/mol. The van der Waals surface area contributed by atoms with Gasteiger partial charge in [-0.25, -0.2) is 8.42 Å². The van der Waals surface area contributed by atoms with Crippen molar-refractivity contribution >= 4 is 10.0 Å². The van der Waals surface area contributed by atoms with Gasteiger partial charge in [-0.15, -0.1) is 0 Å². The summed E-state index contributed by atoms with van der Waals surface area (Å²) in [5, 5.41) is 8.90. The Kier molecular flexibility index (Phi) is 4.99. The van der Waals surface area contributed by atoms with Crippen molar-refractivity contribution in [3.63, 3.8) is 0 Å². The van der Waals surface area contributed by atoms with Crippen molar-refractivity contribution in [2.45, 2.75) is 44.0 Å². The second kappa shape index (κ2) is 6.56. The Hall–Kier alpha value is -1.42. The first-order valence-electron chi connectivity index (χ1n) is 7.18. The minimum atomic E-state index is -3.41. The third kappa shape index (κ3) is 3.82. The van der Waals surface area contributed by atoms with E-state index in [1.807, 2.05) is 13.0 Å². The van der Waals surface area contributed by atoms with Gasteiger partial charge >= 0.3 is 0 Å². The third-order valence-electron chi connectivity index (χ3n) is 3.87. The van der Waals surface area contributed by atoms with Gasteiger partial charge in [0.05, 0.1) is 17.4 Å². The van der Waals surface area contributed by atoms with Gasteiger partial charge in [0, 0.05) is 18.6 Å². The molecule has 6 heteroatoms. The Labute approximate surface area is 126 Å². The van der Waals surface area contributed by atoms with Crippen molar-refractivity contribution in [3.05, 3.63) is 35.4 Å². The molecule has 0 amide bonds. The van der Waals surface area contributed by atoms with Crippen LogP contribution in [0.1, 0.15) is 37.3 Å². The normalized spacial score (nSPS) is 21.7. The van der Waals surface area contributed by atoms with E-state index in [0.29, 0.717) is 17.7 Å². The monoisotopic (exact) mass is 307 g/mol. The fourth-order valence-electron chi connectivity index (χ4n) is 2.83. The highest BCUT2D eigenvalue weighted by Crippen LogP contribution is 2.24. The van der Waals surface area contributed by atoms with Crippen LogP contribution >= 0.6 is 0 Å². The van der Waals surface area contributed by atoms with Crippen LogP contribution in [0.5, 0.6) is 0 Å². The summed E-state index contributed by atoms with van der Waals surface area (Å²) in [6.07, 6.45) is 2.71. The van der Waals surface area contributed by atoms with Gasteiger partial charge < -0.3 is 5.73 Å². The van der Waals surface area contributed by atoms with E-state index in [-0.39, 0.29) is 17.8 Å². The van der Waals surface area contributed by atoms with Crippen LogP contribution in [-0.4, -0.2) is 31.4 Å². The highest BCUT2D eigenvalue weighted by molar-refractivity contribution is 7.88. The third-order valence-corrected chi connectivity index (χ3v) is 5.73. The van der Waals surface area contributed by atoms with E-state index in [1.54, 1.807) is 28.6 Å². The molecule has 0 aliphatic carbocycles. The van der Waals surface area contributed by atoms with Gasteiger partial charge in [-0.3, -0.25) is 0 Å². The van der Waals surface area contributed by atoms with E-state index in [0.717, 1.165) is 19.3 Å². The molecule has 1 aromatic rings. The summed E-state index contributed by atoms with van der Waals surface area (Å²) in [6, 6.07) is 8.48. The highest BCUT2D eigenvalue weighted by Gasteiger charge is 2.34. The Morgan fingerprint density at radius 1 is 1.48 bits per heavy atom. The Morgan fingerprint density at radius 2 is 2.24 bits per heavy atom. The fourth-order valence-corrected chi connectivity index (χ4v) is 4.71. The molecule has 114 valence electrons. The molecule has 2 rings (SSSR count). The van der Waals surface area contributed by atoms with Gasteiger partial charge in [0.2, 0.25) is 10.0 Å². The van der Waals surface area contributed by atoms with Gasteiger partial charge in [-0.1, -0.05) is 18.6 Å². The molecule has 1 fully saturated rings. The molecule has 5 nitrogen and oxygen atoms in total. The van der Waals surface area contributed by atoms with Crippen LogP contribution in [0.3, 0.4) is 0 Å². The maximum Gasteiger partial charge on any atom is 0.218 e. The van der Waals surface area contributed by atoms with Gasteiger partial charge in [0.15, 0.2) is 0 Å². The summed E-state index contributed by atoms with van der Waals surface area (Å²) in [5.74, 6) is -0.0776. The highest BCUT2D eigenvalue weighted by atomic mass is 32.2. The topological polar surface area (TPSA) is 87.2 Å². The lowest BCUT2D eigenvalue weighted by atomic mass is 10.00. The zero-order valence-corrected chi connectivity index (χ0v) is 13.0. The molecule has 0 bridgehead atoms. The first-order valence-corrected chi connectivity index (χ1v) is 8.79. The summed E-state index contributed by atoms with van der Waals surface area (Å²) in [6.45, 7) is 2.39. The summed E-state index contributed by atoms with van der Waals surface area (Å²) in [5.41, 5.74) is 7.06. The van der Waals surface area contributed by atoms with E-state index in [1.165, 1.54) is 0 Å². The van der Waals surface area contributed by atoms with Crippen molar-refractivity contribution in [3.8, 4) is 6.07 Å². The summed E-state index contributed by atoms with van der Waals surface area (Å²) in [7, 11) is -3.41. The van der Waals surface area contributed by atoms with E-state index in [2.05, 4.69) is 0 Å². The predicted molar refractivity (Wildman–Crippen MR) is 81.8 cm³/mol. The number of nitriles is 1. The van der Waals surface area contributed by atoms with Crippen molar-refractivity contribution in [2.75, 3.05) is 6.54 Å². The fraction of sp³-hybridized carbons (Fsp3) is 0.533. The van der Waals surface area contributed by atoms with Gasteiger partial charge in [-0.2, -0.15) is 9.57 Å². The van der Waals surface area contributed by atoms with Crippen LogP contribution in [0.15, 0.2) is 24.3 Å². The van der Waals surface area contributed by atoms with Gasteiger partial charge in [-0.05, 0) is 37.5 Å². The van der Waals surface area contributed by atoms with Gasteiger partial charge in [0.25, 0.3) is 0 Å². The minimum absolute atomic E-state index is 0.0776. The molecule has 1 saturated heterocycles. The Morgan fingerprint density at radius 3 is 2.90 bits per heavy atom. The molecule has 1 aliphatic rings. The average molecular weight is 307 g/mol. The number of rotatable bonds is 4. The maximum atomic E-state index is 12.7. The first-order chi connectivity index (χ1) is 9.94. The molecule has 1 aliphatic heterocycles. The van der Waals surface area contributed by atoms with Crippen LogP contribution in [-0.2, 0) is 15.8 Å². The largest absolute Gasteiger partial charge is 0.326 e. The lowest BCUT2D eigenvalue weighted by Crippen LogP contribution is -2.51. The minimum Gasteiger partial charge on any atom is -0.326 e. The van der Waals surface area contributed by atoms with Crippen LogP contribution in [0, 0.1) is 11.3 Å². The molecule has 0 aromatic heterocycles. The SMILES string of the molecule is C[C@H](N)[C@@H]1CCCCN1S(=O)(=O)Cc1cccc(C#N)c1. The second-order valence-corrected chi connectivity index (χ2v) is 7.52. The molecule has 1 aromatic carbocycles. The summed E-state index contributed by atoms with van der Waals surface area (Å²) < 4.78 is 26.9. The van der Waals surface area contributed by atoms with Crippen molar-refractivity contribution in [1.82, 2.24) is 4.31 Å². The zero-order chi connectivity index (χ0) is 15.5. The van der Waals surface area contributed by atoms with Crippen molar-refractivity contribution in [2.24, 2.45) is 5.73 Å². The number of nitrogens with zero attached hydrogens (tertiary/aromatic N) is 2. The Bertz CT molecular complexity index is 635. The number of benzene rings is 1. The van der Waals surface area contributed by atoms with E-state index >= 15 is 0 Å². The summed E-state index contributed by atoms with van der Waals surface area (Å²) in [4.78, 5) is 0. The van der Waals surface area contributed by atoms with Crippen LogP contribution in [0.4, 0.5) is 0 Å². The standard InChI is InChI=1S/C15H21N3O2S/c1-12(17)15-7-2-3-8-18(15)21(19,20)11-14-6-4-5-13(9-14)10-16/h4-6,9,12,15H,2-3,7-8,11,17H2,1H3/t12-,15-/m0/s1. The number of hydrogen-bond acceptors (Lipinski definition) is 4. The molecule has 1 heterocycles. The van der Waals surface area contributed by atoms with Gasteiger partial charge in [0.1, 0.15) is 0 Å². The molecule has 2 N–H and O–H groups in total. The zero-order valence-electron chi connectivity index (χ0n) is 12.2. The van der Waals surface area contributed by atoms with Crippen LogP contribution < -0.4 is 5.73 Å². The molecule has 21 heavy (non-hydrogen) atoms. The van der Waals surface area contributed by atoms with E-state index in [4.69, 9.17) is 11.0 Å². The molecule has 0 spiro atoms. The van der Waals surface area contributed by atoms with Crippen molar-refractivity contribution < 1.29 is 8.42 Å². The van der Waals surface area contributed by atoms with E-state index in [9.17, 15) is 8.42 Å². The number of sulfonamides is 1.